The number of rotatable bonds is 2. The van der Waals surface area contributed by atoms with Crippen LogP contribution in [0.2, 0.25) is 5.02 Å². The topological polar surface area (TPSA) is 64.1 Å². The third-order valence-corrected chi connectivity index (χ3v) is 4.34. The first kappa shape index (κ1) is 14.3. The maximum absolute atomic E-state index is 14.1. The molecule has 3 nitrogen and oxygen atoms in total. The fraction of sp³-hybridized carbons (Fsp3) is 0.571. The van der Waals surface area contributed by atoms with Gasteiger partial charge in [0.2, 0.25) is 0 Å². The van der Waals surface area contributed by atoms with Gasteiger partial charge in [0.1, 0.15) is 5.02 Å². The summed E-state index contributed by atoms with van der Waals surface area (Å²) in [6, 6.07) is 1.74. The predicted molar refractivity (Wildman–Crippen MR) is 79.9 cm³/mol. The Morgan fingerprint density at radius 2 is 1.84 bits per heavy atom. The van der Waals surface area contributed by atoms with Gasteiger partial charge in [-0.15, -0.1) is 0 Å². The molecule has 106 valence electrons. The molecule has 5 heteroatoms. The van der Waals surface area contributed by atoms with Gasteiger partial charge in [0, 0.05) is 6.04 Å². The predicted octanol–water partition coefficient (Wildman–Crippen LogP) is 4.02. The van der Waals surface area contributed by atoms with E-state index < -0.39 is 5.82 Å². The molecular formula is C14H21ClFN3. The van der Waals surface area contributed by atoms with Gasteiger partial charge >= 0.3 is 0 Å². The summed E-state index contributed by atoms with van der Waals surface area (Å²) < 4.78 is 14.1. The van der Waals surface area contributed by atoms with Crippen molar-refractivity contribution in [3.8, 4) is 0 Å². The number of hydrogen-bond donors (Lipinski definition) is 3. The maximum Gasteiger partial charge on any atom is 0.169 e. The molecule has 0 aliphatic heterocycles. The van der Waals surface area contributed by atoms with E-state index in [0.717, 1.165) is 25.7 Å². The summed E-state index contributed by atoms with van der Waals surface area (Å²) in [5, 5.41) is 3.12. The van der Waals surface area contributed by atoms with Gasteiger partial charge in [0.25, 0.3) is 0 Å². The SMILES string of the molecule is CC1(C)CCC(Nc2c(N)cc(N)c(Cl)c2F)CC1. The van der Waals surface area contributed by atoms with Crippen molar-refractivity contribution in [2.24, 2.45) is 5.41 Å². The molecule has 1 fully saturated rings. The molecule has 1 aromatic carbocycles. The van der Waals surface area contributed by atoms with Crippen molar-refractivity contribution in [1.82, 2.24) is 0 Å². The summed E-state index contributed by atoms with van der Waals surface area (Å²) in [4.78, 5) is 0. The van der Waals surface area contributed by atoms with Crippen LogP contribution in [-0.4, -0.2) is 6.04 Å². The number of nitrogens with one attached hydrogen (secondary N) is 1. The van der Waals surface area contributed by atoms with E-state index in [2.05, 4.69) is 19.2 Å². The normalized spacial score (nSPS) is 19.4. The molecule has 0 spiro atoms. The summed E-state index contributed by atoms with van der Waals surface area (Å²) in [7, 11) is 0. The summed E-state index contributed by atoms with van der Waals surface area (Å²) in [6.07, 6.45) is 4.26. The summed E-state index contributed by atoms with van der Waals surface area (Å²) in [5.41, 5.74) is 12.5. The number of nitrogens with two attached hydrogens (primary N) is 2. The van der Waals surface area contributed by atoms with Crippen molar-refractivity contribution in [2.45, 2.75) is 45.6 Å². The number of anilines is 3. The van der Waals surface area contributed by atoms with Crippen molar-refractivity contribution in [1.29, 1.82) is 0 Å². The molecule has 5 N–H and O–H groups in total. The Balaban J connectivity index is 2.14. The standard InChI is InChI=1S/C14H21ClFN3/c1-14(2)5-3-8(4-6-14)19-13-10(18)7-9(17)11(15)12(13)16/h7-8,19H,3-6,17-18H2,1-2H3. The zero-order valence-electron chi connectivity index (χ0n) is 11.4. The van der Waals surface area contributed by atoms with E-state index in [1.807, 2.05) is 0 Å². The first-order valence-corrected chi connectivity index (χ1v) is 6.97. The molecule has 1 aliphatic rings. The molecule has 0 amide bonds. The lowest BCUT2D eigenvalue weighted by molar-refractivity contribution is 0.232. The molecule has 1 aliphatic carbocycles. The van der Waals surface area contributed by atoms with Gasteiger partial charge in [-0.05, 0) is 37.2 Å². The summed E-state index contributed by atoms with van der Waals surface area (Å²) in [6.45, 7) is 4.52. The van der Waals surface area contributed by atoms with E-state index in [1.54, 1.807) is 0 Å². The minimum absolute atomic E-state index is 0.0622. The van der Waals surface area contributed by atoms with Crippen LogP contribution < -0.4 is 16.8 Å². The Hall–Kier alpha value is -1.16. The third kappa shape index (κ3) is 3.06. The van der Waals surface area contributed by atoms with Crippen LogP contribution >= 0.6 is 11.6 Å². The van der Waals surface area contributed by atoms with E-state index in [0.29, 0.717) is 11.1 Å². The summed E-state index contributed by atoms with van der Waals surface area (Å²) >= 11 is 5.82. The Labute approximate surface area is 118 Å². The van der Waals surface area contributed by atoms with Gasteiger partial charge < -0.3 is 16.8 Å². The lowest BCUT2D eigenvalue weighted by Gasteiger charge is -2.35. The van der Waals surface area contributed by atoms with E-state index in [9.17, 15) is 4.39 Å². The lowest BCUT2D eigenvalue weighted by Crippen LogP contribution is -2.30. The van der Waals surface area contributed by atoms with Crippen molar-refractivity contribution >= 4 is 28.7 Å². The molecule has 0 atom stereocenters. The van der Waals surface area contributed by atoms with Gasteiger partial charge in [-0.25, -0.2) is 4.39 Å². The zero-order valence-corrected chi connectivity index (χ0v) is 12.1. The van der Waals surface area contributed by atoms with Crippen LogP contribution in [0.25, 0.3) is 0 Å². The van der Waals surface area contributed by atoms with Crippen LogP contribution in [0.15, 0.2) is 6.07 Å². The molecule has 1 aromatic rings. The van der Waals surface area contributed by atoms with E-state index in [1.165, 1.54) is 6.07 Å². The number of halogens is 2. The average Bonchev–Trinajstić information content (AvgIpc) is 2.34. The van der Waals surface area contributed by atoms with Crippen LogP contribution in [-0.2, 0) is 0 Å². The smallest absolute Gasteiger partial charge is 0.169 e. The minimum Gasteiger partial charge on any atom is -0.397 e. The molecule has 0 radical (unpaired) electrons. The largest absolute Gasteiger partial charge is 0.397 e. The first-order valence-electron chi connectivity index (χ1n) is 6.59. The van der Waals surface area contributed by atoms with E-state index in [-0.39, 0.29) is 22.4 Å². The fourth-order valence-electron chi connectivity index (χ4n) is 2.56. The van der Waals surface area contributed by atoms with Gasteiger partial charge in [-0.1, -0.05) is 25.4 Å². The zero-order chi connectivity index (χ0) is 14.2. The number of hydrogen-bond acceptors (Lipinski definition) is 3. The highest BCUT2D eigenvalue weighted by molar-refractivity contribution is 6.33. The van der Waals surface area contributed by atoms with Crippen molar-refractivity contribution in [3.05, 3.63) is 16.9 Å². The highest BCUT2D eigenvalue weighted by atomic mass is 35.5. The second kappa shape index (κ2) is 5.08. The van der Waals surface area contributed by atoms with E-state index >= 15 is 0 Å². The van der Waals surface area contributed by atoms with Crippen molar-refractivity contribution in [3.63, 3.8) is 0 Å². The third-order valence-electron chi connectivity index (χ3n) is 3.95. The molecule has 0 heterocycles. The average molecular weight is 286 g/mol. The molecule has 2 rings (SSSR count). The van der Waals surface area contributed by atoms with Gasteiger partial charge in [0.05, 0.1) is 17.1 Å². The van der Waals surface area contributed by atoms with Gasteiger partial charge in [-0.3, -0.25) is 0 Å². The van der Waals surface area contributed by atoms with Crippen LogP contribution in [0.3, 0.4) is 0 Å². The van der Waals surface area contributed by atoms with Crippen LogP contribution in [0.4, 0.5) is 21.5 Å². The maximum atomic E-state index is 14.1. The highest BCUT2D eigenvalue weighted by Gasteiger charge is 2.27. The van der Waals surface area contributed by atoms with Crippen LogP contribution in [0.1, 0.15) is 39.5 Å². The Morgan fingerprint density at radius 3 is 2.42 bits per heavy atom. The molecular weight excluding hydrogens is 265 g/mol. The fourth-order valence-corrected chi connectivity index (χ4v) is 2.71. The minimum atomic E-state index is -0.552. The molecule has 1 saturated carbocycles. The monoisotopic (exact) mass is 285 g/mol. The second-order valence-electron chi connectivity index (χ2n) is 6.14. The number of benzene rings is 1. The molecule has 0 bridgehead atoms. The van der Waals surface area contributed by atoms with Gasteiger partial charge in [-0.2, -0.15) is 0 Å². The highest BCUT2D eigenvalue weighted by Crippen LogP contribution is 2.39. The van der Waals surface area contributed by atoms with Crippen LogP contribution in [0, 0.1) is 11.2 Å². The quantitative estimate of drug-likeness (QED) is 0.719. The molecule has 0 saturated heterocycles. The van der Waals surface area contributed by atoms with Crippen molar-refractivity contribution < 1.29 is 4.39 Å². The van der Waals surface area contributed by atoms with E-state index in [4.69, 9.17) is 23.1 Å². The Kier molecular flexibility index (Phi) is 3.81. The first-order chi connectivity index (χ1) is 8.80. The van der Waals surface area contributed by atoms with Gasteiger partial charge in [0.15, 0.2) is 5.82 Å². The lowest BCUT2D eigenvalue weighted by atomic mass is 9.75. The number of nitrogen functional groups attached to an aromatic ring is 2. The molecule has 0 aromatic heterocycles. The molecule has 0 unspecified atom stereocenters. The van der Waals surface area contributed by atoms with Crippen molar-refractivity contribution in [2.75, 3.05) is 16.8 Å². The molecule has 19 heavy (non-hydrogen) atoms. The second-order valence-corrected chi connectivity index (χ2v) is 6.52. The Morgan fingerprint density at radius 1 is 1.26 bits per heavy atom. The van der Waals surface area contributed by atoms with Crippen LogP contribution in [0.5, 0.6) is 0 Å². The Bertz CT molecular complexity index is 478. The summed E-state index contributed by atoms with van der Waals surface area (Å²) in [5.74, 6) is -0.552.